The van der Waals surface area contributed by atoms with E-state index in [1.54, 1.807) is 0 Å². The van der Waals surface area contributed by atoms with Crippen LogP contribution < -0.4 is 0 Å². The standard InChI is InChI=1S/C84H164O17P2/c1-9-77(8)63-55-47-39-31-25-19-16-17-20-26-32-40-48-56-64-81(86)94-70-79(100-84(89)67-59-51-42-34-28-22-24-30-37-45-53-61-75(4)5)72-98-102(90,91)96-68-78(85)69-97-103(92,93)99-73-80(71-95-82(87)65-57-49-43-35-38-46-54-62-76(6)7)101-83(88)66-58-50-41-33-27-21-15-13-11-10-12-14-18-23-29-36-44-52-60-74(2)3/h74-80,85H,9-73H2,1-8H3,(H,90,91)(H,92,93)/t77?,78?,79-,80-/m1/s1. The van der Waals surface area contributed by atoms with E-state index in [-0.39, 0.29) is 25.7 Å². The van der Waals surface area contributed by atoms with Gasteiger partial charge in [0.2, 0.25) is 0 Å². The van der Waals surface area contributed by atoms with Crippen LogP contribution in [0.1, 0.15) is 434 Å². The molecule has 17 nitrogen and oxygen atoms in total. The topological polar surface area (TPSA) is 237 Å². The van der Waals surface area contributed by atoms with Crippen molar-refractivity contribution in [1.29, 1.82) is 0 Å². The zero-order chi connectivity index (χ0) is 76.0. The SMILES string of the molecule is CCC(C)CCCCCCCCCCCCCCCCC(=O)OC[C@H](COP(=O)(O)OCC(O)COP(=O)(O)OC[C@@H](COC(=O)CCCCCCCCCC(C)C)OC(=O)CCCCCCCCCCCCCCCCCCCCC(C)C)OC(=O)CCCCCCCCCCCCCC(C)C. The minimum Gasteiger partial charge on any atom is -0.462 e. The Morgan fingerprint density at radius 1 is 0.272 bits per heavy atom. The minimum absolute atomic E-state index is 0.106. The number of rotatable bonds is 81. The smallest absolute Gasteiger partial charge is 0.462 e. The third kappa shape index (κ3) is 76.6. The van der Waals surface area contributed by atoms with Crippen LogP contribution >= 0.6 is 15.6 Å². The first-order chi connectivity index (χ1) is 49.6. The number of aliphatic hydroxyl groups excluding tert-OH is 1. The van der Waals surface area contributed by atoms with E-state index in [2.05, 4.69) is 55.4 Å². The van der Waals surface area contributed by atoms with Gasteiger partial charge >= 0.3 is 39.5 Å². The van der Waals surface area contributed by atoms with Crippen molar-refractivity contribution in [2.45, 2.75) is 453 Å². The maximum Gasteiger partial charge on any atom is 0.472 e. The largest absolute Gasteiger partial charge is 0.472 e. The maximum absolute atomic E-state index is 13.1. The molecule has 0 amide bonds. The van der Waals surface area contributed by atoms with E-state index in [0.29, 0.717) is 31.6 Å². The van der Waals surface area contributed by atoms with E-state index in [1.807, 2.05) is 0 Å². The highest BCUT2D eigenvalue weighted by atomic mass is 31.2. The van der Waals surface area contributed by atoms with Crippen LogP contribution in [0.3, 0.4) is 0 Å². The van der Waals surface area contributed by atoms with Crippen LogP contribution in [0.2, 0.25) is 0 Å². The van der Waals surface area contributed by atoms with E-state index < -0.39 is 97.5 Å². The third-order valence-corrected chi connectivity index (χ3v) is 21.8. The van der Waals surface area contributed by atoms with Gasteiger partial charge in [0.25, 0.3) is 0 Å². The van der Waals surface area contributed by atoms with Gasteiger partial charge < -0.3 is 33.8 Å². The fourth-order valence-corrected chi connectivity index (χ4v) is 14.5. The Labute approximate surface area is 632 Å². The Hall–Kier alpha value is -1.94. The molecule has 0 aliphatic rings. The minimum atomic E-state index is -4.96. The van der Waals surface area contributed by atoms with E-state index >= 15 is 0 Å². The van der Waals surface area contributed by atoms with Crippen molar-refractivity contribution in [3.8, 4) is 0 Å². The summed E-state index contributed by atoms with van der Waals surface area (Å²) in [6.45, 7) is 14.3. The summed E-state index contributed by atoms with van der Waals surface area (Å²) in [6.07, 6.45) is 61.1. The van der Waals surface area contributed by atoms with Crippen LogP contribution in [0.25, 0.3) is 0 Å². The normalized spacial score (nSPS) is 14.2. The summed E-state index contributed by atoms with van der Waals surface area (Å²) in [4.78, 5) is 73.1. The summed E-state index contributed by atoms with van der Waals surface area (Å²) in [5, 5.41) is 10.7. The van der Waals surface area contributed by atoms with Gasteiger partial charge in [0, 0.05) is 25.7 Å². The lowest BCUT2D eigenvalue weighted by Crippen LogP contribution is -2.30. The Morgan fingerprint density at radius 3 is 0.689 bits per heavy atom. The average molecular weight is 1510 g/mol. The lowest BCUT2D eigenvalue weighted by atomic mass is 9.99. The zero-order valence-corrected chi connectivity index (χ0v) is 69.7. The Bertz CT molecular complexity index is 2010. The van der Waals surface area contributed by atoms with Crippen LogP contribution in [0, 0.1) is 23.7 Å². The molecule has 0 fully saturated rings. The first-order valence-electron chi connectivity index (χ1n) is 43.2. The molecule has 0 bridgehead atoms. The van der Waals surface area contributed by atoms with Crippen LogP contribution in [0.5, 0.6) is 0 Å². The second-order valence-corrected chi connectivity index (χ2v) is 34.8. The molecular formula is C84H164O17P2. The Morgan fingerprint density at radius 2 is 0.466 bits per heavy atom. The van der Waals surface area contributed by atoms with Gasteiger partial charge in [-0.2, -0.15) is 0 Å². The molecule has 0 saturated carbocycles. The monoisotopic (exact) mass is 1510 g/mol. The summed E-state index contributed by atoms with van der Waals surface area (Å²) in [5.41, 5.74) is 0. The third-order valence-electron chi connectivity index (χ3n) is 19.9. The first kappa shape index (κ1) is 101. The molecule has 0 saturated heterocycles. The van der Waals surface area contributed by atoms with Gasteiger partial charge in [0.1, 0.15) is 19.3 Å². The van der Waals surface area contributed by atoms with E-state index in [0.717, 1.165) is 114 Å². The highest BCUT2D eigenvalue weighted by Gasteiger charge is 2.30. The summed E-state index contributed by atoms with van der Waals surface area (Å²) >= 11 is 0. The van der Waals surface area contributed by atoms with Gasteiger partial charge in [0.05, 0.1) is 26.4 Å². The van der Waals surface area contributed by atoms with Gasteiger partial charge in [-0.15, -0.1) is 0 Å². The Balaban J connectivity index is 5.20. The molecule has 4 unspecified atom stereocenters. The van der Waals surface area contributed by atoms with Crippen LogP contribution in [-0.2, 0) is 65.4 Å². The van der Waals surface area contributed by atoms with Crippen molar-refractivity contribution < 1.29 is 80.2 Å². The van der Waals surface area contributed by atoms with Crippen LogP contribution in [0.4, 0.5) is 0 Å². The molecule has 0 aromatic heterocycles. The maximum atomic E-state index is 13.1. The van der Waals surface area contributed by atoms with Gasteiger partial charge in [-0.25, -0.2) is 9.13 Å². The lowest BCUT2D eigenvalue weighted by molar-refractivity contribution is -0.161. The van der Waals surface area contributed by atoms with Crippen molar-refractivity contribution in [2.24, 2.45) is 23.7 Å². The average Bonchev–Trinajstić information content (AvgIpc) is 0.907. The number of esters is 4. The predicted octanol–water partition coefficient (Wildman–Crippen LogP) is 25.2. The molecule has 0 rings (SSSR count). The summed E-state index contributed by atoms with van der Waals surface area (Å²) < 4.78 is 68.8. The number of ether oxygens (including phenoxy) is 4. The predicted molar refractivity (Wildman–Crippen MR) is 423 cm³/mol. The van der Waals surface area contributed by atoms with Gasteiger partial charge in [-0.1, -0.05) is 383 Å². The van der Waals surface area contributed by atoms with Crippen LogP contribution in [-0.4, -0.2) is 96.7 Å². The van der Waals surface area contributed by atoms with Crippen molar-refractivity contribution in [3.05, 3.63) is 0 Å². The molecule has 612 valence electrons. The second-order valence-electron chi connectivity index (χ2n) is 31.9. The molecule has 0 spiro atoms. The summed E-state index contributed by atoms with van der Waals surface area (Å²) in [5.74, 6) is 1.03. The van der Waals surface area contributed by atoms with Gasteiger partial charge in [0.15, 0.2) is 12.2 Å². The molecule has 0 aromatic carbocycles. The number of hydrogen-bond donors (Lipinski definition) is 3. The molecule has 0 aliphatic heterocycles. The van der Waals surface area contributed by atoms with Gasteiger partial charge in [-0.3, -0.25) is 37.3 Å². The lowest BCUT2D eigenvalue weighted by Gasteiger charge is -2.21. The molecule has 0 heterocycles. The van der Waals surface area contributed by atoms with Gasteiger partial charge in [-0.05, 0) is 49.4 Å². The number of carbonyl (C=O) groups is 4. The molecule has 0 aliphatic carbocycles. The number of aliphatic hydroxyl groups is 1. The first-order valence-corrected chi connectivity index (χ1v) is 46.2. The number of phosphoric ester groups is 2. The number of hydrogen-bond acceptors (Lipinski definition) is 15. The van der Waals surface area contributed by atoms with Crippen LogP contribution in [0.15, 0.2) is 0 Å². The van der Waals surface area contributed by atoms with Crippen molar-refractivity contribution >= 4 is 39.5 Å². The van der Waals surface area contributed by atoms with E-state index in [4.69, 9.17) is 37.0 Å². The molecule has 0 aromatic rings. The highest BCUT2D eigenvalue weighted by molar-refractivity contribution is 7.47. The molecular weight excluding hydrogens is 1340 g/mol. The quantitative estimate of drug-likeness (QED) is 0.0222. The van der Waals surface area contributed by atoms with E-state index in [9.17, 15) is 43.2 Å². The fraction of sp³-hybridized carbons (Fsp3) is 0.952. The number of carbonyl (C=O) groups excluding carboxylic acids is 4. The van der Waals surface area contributed by atoms with Crippen molar-refractivity contribution in [3.63, 3.8) is 0 Å². The zero-order valence-electron chi connectivity index (χ0n) is 68.0. The molecule has 103 heavy (non-hydrogen) atoms. The fourth-order valence-electron chi connectivity index (χ4n) is 12.9. The number of unbranched alkanes of at least 4 members (excludes halogenated alkanes) is 46. The van der Waals surface area contributed by atoms with Crippen molar-refractivity contribution in [1.82, 2.24) is 0 Å². The summed E-state index contributed by atoms with van der Waals surface area (Å²) in [7, 11) is -9.93. The van der Waals surface area contributed by atoms with E-state index in [1.165, 1.54) is 231 Å². The number of phosphoric acid groups is 2. The second kappa shape index (κ2) is 72.9. The highest BCUT2D eigenvalue weighted by Crippen LogP contribution is 2.45. The Kier molecular flexibility index (Phi) is 71.5. The summed E-state index contributed by atoms with van der Waals surface area (Å²) in [6, 6.07) is 0. The molecule has 3 N–H and O–H groups in total. The molecule has 0 radical (unpaired) electrons. The molecule has 6 atom stereocenters. The molecule has 19 heteroatoms. The van der Waals surface area contributed by atoms with Crippen molar-refractivity contribution in [2.75, 3.05) is 39.6 Å².